The lowest BCUT2D eigenvalue weighted by Gasteiger charge is -2.43. The lowest BCUT2D eigenvalue weighted by Crippen LogP contribution is -2.57. The highest BCUT2D eigenvalue weighted by atomic mass is 32.2. The van der Waals surface area contributed by atoms with E-state index < -0.39 is 0 Å². The number of hydrogen-bond donors (Lipinski definition) is 3. The molecular weight excluding hydrogens is 280 g/mol. The summed E-state index contributed by atoms with van der Waals surface area (Å²) >= 11 is 0.0874. The van der Waals surface area contributed by atoms with Crippen LogP contribution in [0.5, 0.6) is 0 Å². The molecule has 1 aliphatic heterocycles. The maximum absolute atomic E-state index is 6.12. The fourth-order valence-electron chi connectivity index (χ4n) is 3.81. The van der Waals surface area contributed by atoms with Gasteiger partial charge in [-0.05, 0) is 45.6 Å². The van der Waals surface area contributed by atoms with Crippen molar-refractivity contribution in [3.8, 4) is 0 Å². The molecule has 2 unspecified atom stereocenters. The highest BCUT2D eigenvalue weighted by molar-refractivity contribution is 8.13. The molecule has 2 aliphatic rings. The summed E-state index contributed by atoms with van der Waals surface area (Å²) in [6.07, 6.45) is 9.65. The Balaban J connectivity index is 1.76. The predicted octanol–water partition coefficient (Wildman–Crippen LogP) is 1.42. The van der Waals surface area contributed by atoms with E-state index in [0.717, 1.165) is 13.0 Å². The second-order valence-electron chi connectivity index (χ2n) is 7.73. The van der Waals surface area contributed by atoms with Crippen LogP contribution in [0.4, 0.5) is 0 Å². The third-order valence-corrected chi connectivity index (χ3v) is 6.37. The molecule has 5 heteroatoms. The van der Waals surface area contributed by atoms with Crippen LogP contribution in [0.1, 0.15) is 39.5 Å². The van der Waals surface area contributed by atoms with Crippen molar-refractivity contribution >= 4 is 11.1 Å². The number of hydrogen-bond acceptors (Lipinski definition) is 4. The van der Waals surface area contributed by atoms with Gasteiger partial charge in [0.1, 0.15) is 0 Å². The average Bonchev–Trinajstić information content (AvgIpc) is 2.38. The molecule has 0 bridgehead atoms. The van der Waals surface area contributed by atoms with E-state index in [1.165, 1.54) is 45.4 Å². The van der Waals surface area contributed by atoms with Gasteiger partial charge in [0.25, 0.3) is 0 Å². The number of nitrogens with zero attached hydrogens (tertiary/aromatic N) is 2. The Morgan fingerprint density at radius 2 is 1.81 bits per heavy atom. The van der Waals surface area contributed by atoms with Gasteiger partial charge in [-0.2, -0.15) is 0 Å². The van der Waals surface area contributed by atoms with Crippen molar-refractivity contribution in [3.63, 3.8) is 0 Å². The molecule has 21 heavy (non-hydrogen) atoms. The number of thiol groups is 1. The second-order valence-corrected chi connectivity index (χ2v) is 9.99. The van der Waals surface area contributed by atoms with Gasteiger partial charge in [-0.3, -0.25) is 9.21 Å². The fourth-order valence-corrected chi connectivity index (χ4v) is 4.79. The molecule has 0 aromatic carbocycles. The Morgan fingerprint density at radius 3 is 2.38 bits per heavy atom. The minimum atomic E-state index is 0.0874. The first-order chi connectivity index (χ1) is 9.85. The molecular formula is C16H36N4S. The van der Waals surface area contributed by atoms with E-state index in [1.54, 1.807) is 0 Å². The Hall–Kier alpha value is 0.190. The molecule has 2 fully saturated rings. The summed E-state index contributed by atoms with van der Waals surface area (Å²) in [5, 5.41) is 3.88. The van der Waals surface area contributed by atoms with Crippen LogP contribution in [0.2, 0.25) is 0 Å². The maximum atomic E-state index is 6.12. The molecule has 0 amide bonds. The molecule has 1 aliphatic carbocycles. The van der Waals surface area contributed by atoms with E-state index in [4.69, 9.17) is 5.73 Å². The van der Waals surface area contributed by atoms with Crippen LogP contribution < -0.4 is 11.1 Å². The van der Waals surface area contributed by atoms with Crippen molar-refractivity contribution in [2.45, 2.75) is 57.2 Å². The molecule has 0 aromatic heterocycles. The molecule has 2 atom stereocenters. The minimum Gasteiger partial charge on any atom is -0.328 e. The average molecular weight is 317 g/mol. The van der Waals surface area contributed by atoms with Crippen molar-refractivity contribution in [2.24, 2.45) is 5.73 Å². The van der Waals surface area contributed by atoms with Gasteiger partial charge in [-0.1, -0.05) is 6.42 Å². The van der Waals surface area contributed by atoms with Crippen molar-refractivity contribution in [2.75, 3.05) is 45.2 Å². The highest BCUT2D eigenvalue weighted by Gasteiger charge is 2.29. The molecule has 126 valence electrons. The molecule has 0 spiro atoms. The van der Waals surface area contributed by atoms with Gasteiger partial charge in [0.2, 0.25) is 0 Å². The summed E-state index contributed by atoms with van der Waals surface area (Å²) in [6.45, 7) is 10.8. The Morgan fingerprint density at radius 1 is 1.14 bits per heavy atom. The Labute approximate surface area is 134 Å². The number of rotatable bonds is 5. The van der Waals surface area contributed by atoms with Gasteiger partial charge >= 0.3 is 0 Å². The first-order valence-electron chi connectivity index (χ1n) is 8.53. The lowest BCUT2D eigenvalue weighted by molar-refractivity contribution is 0.140. The summed E-state index contributed by atoms with van der Waals surface area (Å²) in [4.78, 5) is 2.63. The van der Waals surface area contributed by atoms with E-state index in [9.17, 15) is 0 Å². The highest BCUT2D eigenvalue weighted by Crippen LogP contribution is 2.24. The van der Waals surface area contributed by atoms with Gasteiger partial charge in [0.15, 0.2) is 0 Å². The third-order valence-electron chi connectivity index (χ3n) is 4.84. The van der Waals surface area contributed by atoms with Gasteiger partial charge in [0.05, 0.1) is 0 Å². The first kappa shape index (κ1) is 17.5. The van der Waals surface area contributed by atoms with Gasteiger partial charge in [-0.15, -0.1) is 0 Å². The molecule has 0 aromatic rings. The Bertz CT molecular complexity index is 313. The maximum Gasteiger partial charge on any atom is 0.0254 e. The van der Waals surface area contributed by atoms with Crippen LogP contribution in [0.15, 0.2) is 0 Å². The molecule has 1 heterocycles. The molecule has 2 rings (SSSR count). The van der Waals surface area contributed by atoms with Crippen LogP contribution in [-0.2, 0) is 0 Å². The SMILES string of the molecule is C[SH](C)N1CCN(CC(C)(C)NC2CCCC(N)C2)CC1. The van der Waals surface area contributed by atoms with Crippen LogP contribution >= 0.6 is 11.1 Å². The van der Waals surface area contributed by atoms with Crippen LogP contribution in [-0.4, -0.2) is 72.1 Å². The number of nitrogens with one attached hydrogen (secondary N) is 1. The van der Waals surface area contributed by atoms with E-state index in [1.807, 2.05) is 0 Å². The second kappa shape index (κ2) is 7.64. The topological polar surface area (TPSA) is 44.5 Å². The van der Waals surface area contributed by atoms with Crippen molar-refractivity contribution in [3.05, 3.63) is 0 Å². The fraction of sp³-hybridized carbons (Fsp3) is 1.00. The number of nitrogens with two attached hydrogens (primary N) is 1. The third kappa shape index (κ3) is 5.71. The molecule has 4 nitrogen and oxygen atoms in total. The van der Waals surface area contributed by atoms with Crippen LogP contribution in [0, 0.1) is 0 Å². The zero-order valence-corrected chi connectivity index (χ0v) is 15.3. The van der Waals surface area contributed by atoms with E-state index in [2.05, 4.69) is 40.9 Å². The van der Waals surface area contributed by atoms with Crippen molar-refractivity contribution < 1.29 is 0 Å². The van der Waals surface area contributed by atoms with Crippen molar-refractivity contribution in [1.29, 1.82) is 0 Å². The summed E-state index contributed by atoms with van der Waals surface area (Å²) in [7, 11) is 0. The zero-order valence-electron chi connectivity index (χ0n) is 14.4. The molecule has 3 N–H and O–H groups in total. The zero-order chi connectivity index (χ0) is 15.5. The predicted molar refractivity (Wildman–Crippen MR) is 96.3 cm³/mol. The minimum absolute atomic E-state index is 0.0874. The summed E-state index contributed by atoms with van der Waals surface area (Å²) in [5.41, 5.74) is 6.31. The standard InChI is InChI=1S/C16H36N4S/c1-16(2,18-15-7-5-6-14(17)12-15)13-19-8-10-20(11-9-19)21(3)4/h14-15,18,21H,5-13,17H2,1-4H3. The van der Waals surface area contributed by atoms with Gasteiger partial charge in [0, 0.05) is 50.3 Å². The van der Waals surface area contributed by atoms with E-state index in [0.29, 0.717) is 12.1 Å². The smallest absolute Gasteiger partial charge is 0.0254 e. The lowest BCUT2D eigenvalue weighted by atomic mass is 9.89. The largest absolute Gasteiger partial charge is 0.328 e. The van der Waals surface area contributed by atoms with Crippen LogP contribution in [0.25, 0.3) is 0 Å². The quantitative estimate of drug-likeness (QED) is 0.671. The first-order valence-corrected chi connectivity index (χ1v) is 10.7. The summed E-state index contributed by atoms with van der Waals surface area (Å²) < 4.78 is 2.65. The molecule has 1 saturated heterocycles. The van der Waals surface area contributed by atoms with Crippen LogP contribution in [0.3, 0.4) is 0 Å². The number of piperazine rings is 1. The molecule has 1 saturated carbocycles. The van der Waals surface area contributed by atoms with Gasteiger partial charge in [-0.25, -0.2) is 11.1 Å². The summed E-state index contributed by atoms with van der Waals surface area (Å²) in [6, 6.07) is 1.02. The van der Waals surface area contributed by atoms with E-state index in [-0.39, 0.29) is 16.6 Å². The van der Waals surface area contributed by atoms with Crippen molar-refractivity contribution in [1.82, 2.24) is 14.5 Å². The monoisotopic (exact) mass is 316 g/mol. The van der Waals surface area contributed by atoms with E-state index >= 15 is 0 Å². The Kier molecular flexibility index (Phi) is 6.38. The summed E-state index contributed by atoms with van der Waals surface area (Å²) in [5.74, 6) is 0. The molecule has 0 radical (unpaired) electrons. The normalized spacial score (nSPS) is 30.4. The van der Waals surface area contributed by atoms with Gasteiger partial charge < -0.3 is 11.1 Å².